The molecule has 0 amide bonds. The average molecular weight is 211 g/mol. The predicted molar refractivity (Wildman–Crippen MR) is 63.8 cm³/mol. The monoisotopic (exact) mass is 211 g/mol. The lowest BCUT2D eigenvalue weighted by molar-refractivity contribution is 0.487. The molecular formula is C13H11OSi. The van der Waals surface area contributed by atoms with Gasteiger partial charge in [-0.05, 0) is 22.5 Å². The Morgan fingerprint density at radius 3 is 1.80 bits per heavy atom. The standard InChI is InChI=1S/C13H11OSi/c1-15-12-8-4-2-6-10(12)14-11-7-3-5-9-13(11)15/h2-9H,1H3. The van der Waals surface area contributed by atoms with Gasteiger partial charge >= 0.3 is 0 Å². The van der Waals surface area contributed by atoms with E-state index < -0.39 is 8.80 Å². The van der Waals surface area contributed by atoms with E-state index in [1.54, 1.807) is 0 Å². The van der Waals surface area contributed by atoms with Crippen LogP contribution in [-0.2, 0) is 0 Å². The van der Waals surface area contributed by atoms with Crippen LogP contribution in [0.1, 0.15) is 0 Å². The third-order valence-electron chi connectivity index (χ3n) is 2.80. The lowest BCUT2D eigenvalue weighted by atomic mass is 10.3. The number of ether oxygens (including phenoxy) is 1. The average Bonchev–Trinajstić information content (AvgIpc) is 2.30. The molecule has 1 nitrogen and oxygen atoms in total. The molecule has 3 rings (SSSR count). The van der Waals surface area contributed by atoms with E-state index in [2.05, 4.69) is 42.9 Å². The molecule has 1 aliphatic heterocycles. The molecule has 0 bridgehead atoms. The molecule has 0 fully saturated rings. The Labute approximate surface area is 90.9 Å². The van der Waals surface area contributed by atoms with Crippen molar-refractivity contribution in [3.8, 4) is 11.5 Å². The fraction of sp³-hybridized carbons (Fsp3) is 0.0769. The van der Waals surface area contributed by atoms with E-state index in [4.69, 9.17) is 4.74 Å². The van der Waals surface area contributed by atoms with Gasteiger partial charge in [0.25, 0.3) is 0 Å². The molecule has 0 aromatic heterocycles. The highest BCUT2D eigenvalue weighted by Gasteiger charge is 2.24. The van der Waals surface area contributed by atoms with Gasteiger partial charge in [0, 0.05) is 0 Å². The van der Waals surface area contributed by atoms with Gasteiger partial charge in [-0.25, -0.2) is 0 Å². The summed E-state index contributed by atoms with van der Waals surface area (Å²) in [6.07, 6.45) is 0. The van der Waals surface area contributed by atoms with Gasteiger partial charge in [-0.2, -0.15) is 0 Å². The van der Waals surface area contributed by atoms with Crippen molar-refractivity contribution in [2.24, 2.45) is 0 Å². The normalized spacial score (nSPS) is 13.9. The molecular weight excluding hydrogens is 200 g/mol. The van der Waals surface area contributed by atoms with E-state index in [1.807, 2.05) is 12.1 Å². The fourth-order valence-electron chi connectivity index (χ4n) is 1.99. The Morgan fingerprint density at radius 1 is 0.800 bits per heavy atom. The van der Waals surface area contributed by atoms with Gasteiger partial charge < -0.3 is 4.74 Å². The summed E-state index contributed by atoms with van der Waals surface area (Å²) in [5.74, 6) is 2.07. The summed E-state index contributed by atoms with van der Waals surface area (Å²) in [5, 5.41) is 2.75. The maximum atomic E-state index is 5.87. The van der Waals surface area contributed by atoms with Crippen LogP contribution in [0.2, 0.25) is 6.55 Å². The molecule has 0 aliphatic carbocycles. The molecule has 1 aliphatic rings. The zero-order valence-electron chi connectivity index (χ0n) is 8.53. The molecule has 2 heteroatoms. The Morgan fingerprint density at radius 2 is 1.27 bits per heavy atom. The molecule has 0 saturated carbocycles. The molecule has 73 valence electrons. The number of fused-ring (bicyclic) bond motifs is 2. The van der Waals surface area contributed by atoms with Crippen molar-refractivity contribution in [2.45, 2.75) is 6.55 Å². The van der Waals surface area contributed by atoms with Crippen LogP contribution in [0.15, 0.2) is 48.5 Å². The highest BCUT2D eigenvalue weighted by atomic mass is 28.3. The summed E-state index contributed by atoms with van der Waals surface area (Å²) in [6, 6.07) is 16.7. The summed E-state index contributed by atoms with van der Waals surface area (Å²) in [5.41, 5.74) is 0. The second-order valence-corrected chi connectivity index (χ2v) is 6.05. The second-order valence-electron chi connectivity index (χ2n) is 3.72. The van der Waals surface area contributed by atoms with Gasteiger partial charge in [-0.15, -0.1) is 0 Å². The molecule has 0 N–H and O–H groups in total. The summed E-state index contributed by atoms with van der Waals surface area (Å²) < 4.78 is 5.87. The van der Waals surface area contributed by atoms with Crippen LogP contribution in [0.25, 0.3) is 0 Å². The minimum Gasteiger partial charge on any atom is -0.458 e. The highest BCUT2D eigenvalue weighted by molar-refractivity contribution is 6.85. The van der Waals surface area contributed by atoms with E-state index in [9.17, 15) is 0 Å². The van der Waals surface area contributed by atoms with Crippen LogP contribution in [0.5, 0.6) is 11.5 Å². The van der Waals surface area contributed by atoms with Gasteiger partial charge in [0.2, 0.25) is 0 Å². The molecule has 2 aromatic rings. The third-order valence-corrected chi connectivity index (χ3v) is 5.24. The quantitative estimate of drug-likeness (QED) is 0.606. The Balaban J connectivity index is 2.20. The van der Waals surface area contributed by atoms with Gasteiger partial charge in [0.05, 0.1) is 0 Å². The fourth-order valence-corrected chi connectivity index (χ4v) is 3.98. The molecule has 0 atom stereocenters. The van der Waals surface area contributed by atoms with Crippen molar-refractivity contribution >= 4 is 19.2 Å². The molecule has 0 unspecified atom stereocenters. The summed E-state index contributed by atoms with van der Waals surface area (Å²) in [7, 11) is -0.632. The van der Waals surface area contributed by atoms with Crippen molar-refractivity contribution in [3.05, 3.63) is 48.5 Å². The smallest absolute Gasteiger partial charge is 0.128 e. The van der Waals surface area contributed by atoms with E-state index >= 15 is 0 Å². The highest BCUT2D eigenvalue weighted by Crippen LogP contribution is 2.23. The van der Waals surface area contributed by atoms with Crippen LogP contribution in [0.4, 0.5) is 0 Å². The van der Waals surface area contributed by atoms with Crippen molar-refractivity contribution in [1.82, 2.24) is 0 Å². The maximum Gasteiger partial charge on any atom is 0.128 e. The first kappa shape index (κ1) is 8.74. The number of hydrogen-bond acceptors (Lipinski definition) is 1. The largest absolute Gasteiger partial charge is 0.458 e. The lowest BCUT2D eigenvalue weighted by Gasteiger charge is -2.24. The molecule has 0 saturated heterocycles. The first-order valence-electron chi connectivity index (χ1n) is 5.06. The van der Waals surface area contributed by atoms with E-state index in [0.29, 0.717) is 0 Å². The van der Waals surface area contributed by atoms with Crippen molar-refractivity contribution in [3.63, 3.8) is 0 Å². The minimum absolute atomic E-state index is 0.632. The molecule has 1 heterocycles. The maximum absolute atomic E-state index is 5.87. The van der Waals surface area contributed by atoms with E-state index in [0.717, 1.165) is 11.5 Å². The first-order chi connectivity index (χ1) is 7.36. The molecule has 15 heavy (non-hydrogen) atoms. The SMILES string of the molecule is C[Si]1c2ccccc2Oc2ccccc21. The second kappa shape index (κ2) is 3.24. The summed E-state index contributed by atoms with van der Waals surface area (Å²) >= 11 is 0. The van der Waals surface area contributed by atoms with Crippen LogP contribution in [0.3, 0.4) is 0 Å². The number of para-hydroxylation sites is 2. The first-order valence-corrected chi connectivity index (χ1v) is 7.06. The Hall–Kier alpha value is -1.54. The summed E-state index contributed by atoms with van der Waals surface area (Å²) in [4.78, 5) is 0. The third kappa shape index (κ3) is 1.29. The van der Waals surface area contributed by atoms with Crippen LogP contribution in [0, 0.1) is 0 Å². The van der Waals surface area contributed by atoms with Crippen LogP contribution in [-0.4, -0.2) is 8.80 Å². The zero-order valence-corrected chi connectivity index (χ0v) is 9.53. The predicted octanol–water partition coefficient (Wildman–Crippen LogP) is 2.03. The van der Waals surface area contributed by atoms with Gasteiger partial charge in [0.15, 0.2) is 0 Å². The van der Waals surface area contributed by atoms with Crippen LogP contribution >= 0.6 is 0 Å². The number of rotatable bonds is 0. The van der Waals surface area contributed by atoms with Crippen molar-refractivity contribution in [2.75, 3.05) is 0 Å². The van der Waals surface area contributed by atoms with Crippen LogP contribution < -0.4 is 15.1 Å². The van der Waals surface area contributed by atoms with Crippen molar-refractivity contribution < 1.29 is 4.74 Å². The van der Waals surface area contributed by atoms with Gasteiger partial charge in [-0.1, -0.05) is 42.9 Å². The van der Waals surface area contributed by atoms with E-state index in [-0.39, 0.29) is 0 Å². The Kier molecular flexibility index (Phi) is 1.89. The number of hydrogen-bond donors (Lipinski definition) is 0. The van der Waals surface area contributed by atoms with Crippen molar-refractivity contribution in [1.29, 1.82) is 0 Å². The molecule has 0 spiro atoms. The Bertz CT molecular complexity index is 462. The number of benzene rings is 2. The molecule has 2 aromatic carbocycles. The van der Waals surface area contributed by atoms with E-state index in [1.165, 1.54) is 10.4 Å². The van der Waals surface area contributed by atoms with Gasteiger partial charge in [0.1, 0.15) is 20.3 Å². The lowest BCUT2D eigenvalue weighted by Crippen LogP contribution is -2.43. The van der Waals surface area contributed by atoms with Gasteiger partial charge in [-0.3, -0.25) is 0 Å². The topological polar surface area (TPSA) is 9.23 Å². The summed E-state index contributed by atoms with van der Waals surface area (Å²) in [6.45, 7) is 2.32. The molecule has 1 radical (unpaired) electrons. The minimum atomic E-state index is -0.632. The zero-order chi connectivity index (χ0) is 10.3.